The zero-order chi connectivity index (χ0) is 10.7. The lowest BCUT2D eigenvalue weighted by Crippen LogP contribution is -1.99. The van der Waals surface area contributed by atoms with Crippen LogP contribution in [-0.4, -0.2) is 4.98 Å². The van der Waals surface area contributed by atoms with Crippen LogP contribution in [0.5, 0.6) is 0 Å². The highest BCUT2D eigenvalue weighted by atomic mass is 79.9. The predicted octanol–water partition coefficient (Wildman–Crippen LogP) is 4.28. The van der Waals surface area contributed by atoms with Gasteiger partial charge in [-0.3, -0.25) is 0 Å². The van der Waals surface area contributed by atoms with Crippen LogP contribution in [-0.2, 0) is 6.54 Å². The van der Waals surface area contributed by atoms with Gasteiger partial charge >= 0.3 is 0 Å². The Labute approximate surface area is 109 Å². The molecule has 5 heteroatoms. The first-order valence-electron chi connectivity index (χ1n) is 4.33. The first-order valence-corrected chi connectivity index (χ1v) is 6.79. The number of hydrogen-bond acceptors (Lipinski definition) is 3. The highest BCUT2D eigenvalue weighted by Crippen LogP contribution is 2.26. The number of anilines is 1. The molecule has 0 radical (unpaired) electrons. The Kier molecular flexibility index (Phi) is 3.77. The summed E-state index contributed by atoms with van der Waals surface area (Å²) in [7, 11) is 0. The van der Waals surface area contributed by atoms with Crippen molar-refractivity contribution in [2.75, 3.05) is 5.32 Å². The van der Waals surface area contributed by atoms with E-state index in [0.717, 1.165) is 26.2 Å². The standard InChI is InChI=1S/C10H8Br2N2S/c11-7-1-2-9(8(12)5-7)14-6-10-13-3-4-15-10/h1-5,14H,6H2. The van der Waals surface area contributed by atoms with Gasteiger partial charge in [0, 0.05) is 26.2 Å². The van der Waals surface area contributed by atoms with Gasteiger partial charge in [-0.15, -0.1) is 11.3 Å². The van der Waals surface area contributed by atoms with Gasteiger partial charge in [-0.05, 0) is 34.1 Å². The molecule has 0 saturated carbocycles. The van der Waals surface area contributed by atoms with Gasteiger partial charge in [-0.25, -0.2) is 4.98 Å². The van der Waals surface area contributed by atoms with Crippen LogP contribution >= 0.6 is 43.2 Å². The molecular weight excluding hydrogens is 340 g/mol. The Morgan fingerprint density at radius 1 is 1.33 bits per heavy atom. The average molecular weight is 348 g/mol. The molecule has 0 saturated heterocycles. The highest BCUT2D eigenvalue weighted by Gasteiger charge is 2.01. The Hall–Kier alpha value is -0.390. The maximum absolute atomic E-state index is 4.21. The SMILES string of the molecule is Brc1ccc(NCc2nccs2)c(Br)c1. The van der Waals surface area contributed by atoms with E-state index in [1.54, 1.807) is 11.3 Å². The summed E-state index contributed by atoms with van der Waals surface area (Å²) in [6.07, 6.45) is 1.82. The average Bonchev–Trinajstić information content (AvgIpc) is 2.69. The normalized spacial score (nSPS) is 10.3. The lowest BCUT2D eigenvalue weighted by atomic mass is 10.3. The van der Waals surface area contributed by atoms with Gasteiger partial charge in [0.15, 0.2) is 0 Å². The van der Waals surface area contributed by atoms with Gasteiger partial charge in [0.1, 0.15) is 5.01 Å². The van der Waals surface area contributed by atoms with E-state index in [1.807, 2.05) is 29.8 Å². The first kappa shape index (κ1) is 11.1. The van der Waals surface area contributed by atoms with Crippen LogP contribution in [0.3, 0.4) is 0 Å². The quantitative estimate of drug-likeness (QED) is 0.896. The molecule has 2 nitrogen and oxygen atoms in total. The van der Waals surface area contributed by atoms with E-state index in [9.17, 15) is 0 Å². The number of aromatic nitrogens is 1. The Morgan fingerprint density at radius 3 is 2.87 bits per heavy atom. The van der Waals surface area contributed by atoms with Crippen LogP contribution < -0.4 is 5.32 Å². The molecule has 0 aliphatic heterocycles. The molecule has 78 valence electrons. The second-order valence-electron chi connectivity index (χ2n) is 2.90. The predicted molar refractivity (Wildman–Crippen MR) is 71.3 cm³/mol. The summed E-state index contributed by atoms with van der Waals surface area (Å²) in [5.41, 5.74) is 1.08. The smallest absolute Gasteiger partial charge is 0.112 e. The second-order valence-corrected chi connectivity index (χ2v) is 5.65. The summed E-state index contributed by atoms with van der Waals surface area (Å²) in [4.78, 5) is 4.21. The largest absolute Gasteiger partial charge is 0.378 e. The molecule has 1 N–H and O–H groups in total. The molecule has 0 fully saturated rings. The van der Waals surface area contributed by atoms with Crippen molar-refractivity contribution >= 4 is 48.9 Å². The summed E-state index contributed by atoms with van der Waals surface area (Å²) >= 11 is 8.57. The van der Waals surface area contributed by atoms with E-state index in [0.29, 0.717) is 0 Å². The van der Waals surface area contributed by atoms with Crippen LogP contribution in [0.15, 0.2) is 38.7 Å². The molecule has 0 spiro atoms. The lowest BCUT2D eigenvalue weighted by molar-refractivity contribution is 1.10. The van der Waals surface area contributed by atoms with Gasteiger partial charge in [0.05, 0.1) is 6.54 Å². The third-order valence-corrected chi connectivity index (χ3v) is 3.77. The number of hydrogen-bond donors (Lipinski definition) is 1. The fraction of sp³-hybridized carbons (Fsp3) is 0.100. The molecule has 15 heavy (non-hydrogen) atoms. The van der Waals surface area contributed by atoms with Gasteiger partial charge in [-0.2, -0.15) is 0 Å². The van der Waals surface area contributed by atoms with Crippen LogP contribution in [0.1, 0.15) is 5.01 Å². The van der Waals surface area contributed by atoms with Gasteiger partial charge in [-0.1, -0.05) is 15.9 Å². The number of nitrogens with one attached hydrogen (secondary N) is 1. The van der Waals surface area contributed by atoms with Crippen molar-refractivity contribution in [3.05, 3.63) is 43.7 Å². The molecule has 0 aliphatic rings. The number of nitrogens with zero attached hydrogens (tertiary/aromatic N) is 1. The van der Waals surface area contributed by atoms with Gasteiger partial charge in [0.2, 0.25) is 0 Å². The van der Waals surface area contributed by atoms with Crippen molar-refractivity contribution in [2.24, 2.45) is 0 Å². The van der Waals surface area contributed by atoms with Crippen molar-refractivity contribution in [3.63, 3.8) is 0 Å². The number of halogens is 2. The molecule has 2 aromatic rings. The molecule has 1 aromatic heterocycles. The topological polar surface area (TPSA) is 24.9 Å². The van der Waals surface area contributed by atoms with Crippen molar-refractivity contribution in [2.45, 2.75) is 6.54 Å². The summed E-state index contributed by atoms with van der Waals surface area (Å²) in [5, 5.41) is 6.39. The Morgan fingerprint density at radius 2 is 2.20 bits per heavy atom. The third-order valence-electron chi connectivity index (χ3n) is 1.84. The summed E-state index contributed by atoms with van der Waals surface area (Å²) in [6.45, 7) is 0.762. The third kappa shape index (κ3) is 3.03. The molecule has 0 amide bonds. The van der Waals surface area contributed by atoms with E-state index < -0.39 is 0 Å². The van der Waals surface area contributed by atoms with E-state index in [-0.39, 0.29) is 0 Å². The van der Waals surface area contributed by atoms with E-state index in [1.165, 1.54) is 0 Å². The maximum Gasteiger partial charge on any atom is 0.112 e. The molecule has 1 heterocycles. The van der Waals surface area contributed by atoms with Crippen LogP contribution in [0.4, 0.5) is 5.69 Å². The molecule has 0 bridgehead atoms. The molecule has 0 atom stereocenters. The van der Waals surface area contributed by atoms with Gasteiger partial charge < -0.3 is 5.32 Å². The minimum absolute atomic E-state index is 0.762. The van der Waals surface area contributed by atoms with Crippen molar-refractivity contribution < 1.29 is 0 Å². The molecular formula is C10H8Br2N2S. The summed E-state index contributed by atoms with van der Waals surface area (Å²) in [5.74, 6) is 0. The number of rotatable bonds is 3. The Bertz CT molecular complexity index is 443. The number of benzene rings is 1. The van der Waals surface area contributed by atoms with E-state index >= 15 is 0 Å². The Balaban J connectivity index is 2.05. The van der Waals surface area contributed by atoms with Crippen molar-refractivity contribution in [1.82, 2.24) is 4.98 Å². The summed E-state index contributed by atoms with van der Waals surface area (Å²) < 4.78 is 2.11. The van der Waals surface area contributed by atoms with E-state index in [2.05, 4.69) is 42.2 Å². The fourth-order valence-corrected chi connectivity index (χ4v) is 2.89. The first-order chi connectivity index (χ1) is 7.25. The maximum atomic E-state index is 4.21. The van der Waals surface area contributed by atoms with E-state index in [4.69, 9.17) is 0 Å². The van der Waals surface area contributed by atoms with Gasteiger partial charge in [0.25, 0.3) is 0 Å². The molecule has 2 rings (SSSR count). The van der Waals surface area contributed by atoms with Crippen molar-refractivity contribution in [3.8, 4) is 0 Å². The van der Waals surface area contributed by atoms with Crippen molar-refractivity contribution in [1.29, 1.82) is 0 Å². The van der Waals surface area contributed by atoms with Crippen LogP contribution in [0.25, 0.3) is 0 Å². The molecule has 0 unspecified atom stereocenters. The minimum atomic E-state index is 0.762. The van der Waals surface area contributed by atoms with Crippen LogP contribution in [0, 0.1) is 0 Å². The fourth-order valence-electron chi connectivity index (χ4n) is 1.14. The molecule has 1 aromatic carbocycles. The zero-order valence-corrected chi connectivity index (χ0v) is 11.7. The summed E-state index contributed by atoms with van der Waals surface area (Å²) in [6, 6.07) is 6.06. The monoisotopic (exact) mass is 346 g/mol. The lowest BCUT2D eigenvalue weighted by Gasteiger charge is -2.06. The number of thiazole rings is 1. The van der Waals surface area contributed by atoms with Crippen LogP contribution in [0.2, 0.25) is 0 Å². The molecule has 0 aliphatic carbocycles. The zero-order valence-electron chi connectivity index (χ0n) is 7.71. The minimum Gasteiger partial charge on any atom is -0.378 e. The second kappa shape index (κ2) is 5.09. The highest BCUT2D eigenvalue weighted by molar-refractivity contribution is 9.11.